The Bertz CT molecular complexity index is 139. The van der Waals surface area contributed by atoms with Crippen LogP contribution in [0.2, 0.25) is 0 Å². The quantitative estimate of drug-likeness (QED) is 0.711. The van der Waals surface area contributed by atoms with Gasteiger partial charge in [-0.1, -0.05) is 0 Å². The lowest BCUT2D eigenvalue weighted by Gasteiger charge is -2.21. The molecule has 1 aliphatic heterocycles. The van der Waals surface area contributed by atoms with Crippen molar-refractivity contribution in [3.8, 4) is 0 Å². The Balaban J connectivity index is 2.16. The van der Waals surface area contributed by atoms with Crippen molar-refractivity contribution in [1.82, 2.24) is 9.80 Å². The second-order valence-corrected chi connectivity index (χ2v) is 4.22. The van der Waals surface area contributed by atoms with E-state index in [4.69, 9.17) is 5.73 Å². The van der Waals surface area contributed by atoms with Gasteiger partial charge in [0.2, 0.25) is 0 Å². The third kappa shape index (κ3) is 5.44. The van der Waals surface area contributed by atoms with Crippen LogP contribution in [-0.2, 0) is 0 Å². The summed E-state index contributed by atoms with van der Waals surface area (Å²) in [7, 11) is 0. The van der Waals surface area contributed by atoms with E-state index < -0.39 is 0 Å². The normalized spacial score (nSPS) is 20.4. The smallest absolute Gasteiger partial charge is 0.0906 e. The van der Waals surface area contributed by atoms with E-state index in [1.54, 1.807) is 0 Å². The van der Waals surface area contributed by atoms with Gasteiger partial charge in [0.1, 0.15) is 0 Å². The Morgan fingerprint density at radius 2 is 1.53 bits per heavy atom. The molecular weight excluding hydrogens is 193 g/mol. The maximum atomic E-state index is 12.0. The molecular formula is C11H24FN3. The van der Waals surface area contributed by atoms with Gasteiger partial charge in [-0.15, -0.1) is 0 Å². The van der Waals surface area contributed by atoms with Crippen molar-refractivity contribution >= 4 is 0 Å². The maximum absolute atomic E-state index is 12.0. The standard InChI is InChI=1S/C11H24FN3/c12-4-1-6-14-8-3-9-15(11-10-14)7-2-5-13/h1-11,13H2. The Morgan fingerprint density at radius 1 is 0.933 bits per heavy atom. The molecule has 0 atom stereocenters. The topological polar surface area (TPSA) is 32.5 Å². The minimum Gasteiger partial charge on any atom is -0.330 e. The van der Waals surface area contributed by atoms with Gasteiger partial charge in [-0.25, -0.2) is 0 Å². The molecule has 3 nitrogen and oxygen atoms in total. The van der Waals surface area contributed by atoms with Crippen LogP contribution in [0.15, 0.2) is 0 Å². The van der Waals surface area contributed by atoms with Crippen molar-refractivity contribution < 1.29 is 4.39 Å². The fourth-order valence-corrected chi connectivity index (χ4v) is 2.07. The van der Waals surface area contributed by atoms with E-state index >= 15 is 0 Å². The fraction of sp³-hybridized carbons (Fsp3) is 1.00. The Morgan fingerprint density at radius 3 is 2.07 bits per heavy atom. The summed E-state index contributed by atoms with van der Waals surface area (Å²) in [5.74, 6) is 0. The van der Waals surface area contributed by atoms with Crippen molar-refractivity contribution in [1.29, 1.82) is 0 Å². The average molecular weight is 217 g/mol. The zero-order valence-corrected chi connectivity index (χ0v) is 9.63. The van der Waals surface area contributed by atoms with Gasteiger partial charge in [-0.2, -0.15) is 0 Å². The van der Waals surface area contributed by atoms with E-state index in [2.05, 4.69) is 9.80 Å². The summed E-state index contributed by atoms with van der Waals surface area (Å²) in [6, 6.07) is 0. The Kier molecular flexibility index (Phi) is 6.88. The van der Waals surface area contributed by atoms with Gasteiger partial charge in [-0.3, -0.25) is 4.39 Å². The summed E-state index contributed by atoms with van der Waals surface area (Å²) in [6.45, 7) is 7.13. The van der Waals surface area contributed by atoms with Crippen LogP contribution in [0, 0.1) is 0 Å². The number of rotatable bonds is 6. The third-order valence-electron chi connectivity index (χ3n) is 2.97. The molecule has 1 fully saturated rings. The molecule has 15 heavy (non-hydrogen) atoms. The Hall–Kier alpha value is -0.190. The van der Waals surface area contributed by atoms with Crippen molar-refractivity contribution in [2.24, 2.45) is 5.73 Å². The molecule has 4 heteroatoms. The molecule has 1 aliphatic rings. The fourth-order valence-electron chi connectivity index (χ4n) is 2.07. The second kappa shape index (κ2) is 8.02. The summed E-state index contributed by atoms with van der Waals surface area (Å²) < 4.78 is 12.0. The number of nitrogens with zero attached hydrogens (tertiary/aromatic N) is 2. The van der Waals surface area contributed by atoms with Crippen LogP contribution >= 0.6 is 0 Å². The lowest BCUT2D eigenvalue weighted by Crippen LogP contribution is -2.32. The zero-order valence-electron chi connectivity index (χ0n) is 9.63. The van der Waals surface area contributed by atoms with E-state index in [1.807, 2.05) is 0 Å². The molecule has 0 aliphatic carbocycles. The third-order valence-corrected chi connectivity index (χ3v) is 2.97. The minimum absolute atomic E-state index is 0.187. The summed E-state index contributed by atoms with van der Waals surface area (Å²) in [6.07, 6.45) is 2.98. The molecule has 0 unspecified atom stereocenters. The lowest BCUT2D eigenvalue weighted by atomic mass is 10.3. The molecule has 0 radical (unpaired) electrons. The molecule has 1 saturated heterocycles. The van der Waals surface area contributed by atoms with Gasteiger partial charge < -0.3 is 15.5 Å². The highest BCUT2D eigenvalue weighted by atomic mass is 19.1. The zero-order chi connectivity index (χ0) is 10.9. The van der Waals surface area contributed by atoms with Gasteiger partial charge >= 0.3 is 0 Å². The van der Waals surface area contributed by atoms with Crippen LogP contribution in [0.25, 0.3) is 0 Å². The van der Waals surface area contributed by atoms with Crippen molar-refractivity contribution in [2.75, 3.05) is 52.5 Å². The van der Waals surface area contributed by atoms with Crippen molar-refractivity contribution in [3.05, 3.63) is 0 Å². The summed E-state index contributed by atoms with van der Waals surface area (Å²) in [5.41, 5.74) is 5.50. The van der Waals surface area contributed by atoms with Crippen LogP contribution in [0.5, 0.6) is 0 Å². The van der Waals surface area contributed by atoms with Crippen LogP contribution < -0.4 is 5.73 Å². The molecule has 0 spiro atoms. The number of alkyl halides is 1. The number of halogens is 1. The first-order valence-corrected chi connectivity index (χ1v) is 6.07. The second-order valence-electron chi connectivity index (χ2n) is 4.22. The first kappa shape index (κ1) is 12.9. The van der Waals surface area contributed by atoms with Gasteiger partial charge in [-0.05, 0) is 45.4 Å². The first-order chi connectivity index (χ1) is 7.36. The van der Waals surface area contributed by atoms with Gasteiger partial charge in [0.15, 0.2) is 0 Å². The average Bonchev–Trinajstić information content (AvgIpc) is 2.49. The molecule has 0 amide bonds. The van der Waals surface area contributed by atoms with E-state index in [0.717, 1.165) is 45.7 Å². The molecule has 1 rings (SSSR count). The molecule has 0 aromatic heterocycles. The van der Waals surface area contributed by atoms with E-state index in [9.17, 15) is 4.39 Å². The van der Waals surface area contributed by atoms with Gasteiger partial charge in [0.05, 0.1) is 6.67 Å². The molecule has 0 bridgehead atoms. The summed E-state index contributed by atoms with van der Waals surface area (Å²) in [5, 5.41) is 0. The van der Waals surface area contributed by atoms with E-state index in [1.165, 1.54) is 13.0 Å². The van der Waals surface area contributed by atoms with Gasteiger partial charge in [0, 0.05) is 19.6 Å². The van der Waals surface area contributed by atoms with Crippen LogP contribution in [0.4, 0.5) is 4.39 Å². The summed E-state index contributed by atoms with van der Waals surface area (Å²) in [4.78, 5) is 4.85. The summed E-state index contributed by atoms with van der Waals surface area (Å²) >= 11 is 0. The lowest BCUT2D eigenvalue weighted by molar-refractivity contribution is 0.247. The van der Waals surface area contributed by atoms with Crippen molar-refractivity contribution in [3.63, 3.8) is 0 Å². The van der Waals surface area contributed by atoms with Crippen LogP contribution in [0.3, 0.4) is 0 Å². The van der Waals surface area contributed by atoms with Crippen LogP contribution in [-0.4, -0.2) is 62.3 Å². The minimum atomic E-state index is -0.187. The highest BCUT2D eigenvalue weighted by molar-refractivity contribution is 4.69. The molecule has 2 N–H and O–H groups in total. The SMILES string of the molecule is NCCCN1CCCN(CCCF)CC1. The Labute approximate surface area is 92.4 Å². The molecule has 1 heterocycles. The molecule has 0 saturated carbocycles. The number of nitrogens with two attached hydrogens (primary N) is 1. The number of hydrogen-bond donors (Lipinski definition) is 1. The first-order valence-electron chi connectivity index (χ1n) is 6.07. The molecule has 90 valence electrons. The van der Waals surface area contributed by atoms with E-state index in [0.29, 0.717) is 6.42 Å². The predicted octanol–water partition coefficient (Wildman–Crippen LogP) is 0.702. The highest BCUT2D eigenvalue weighted by Crippen LogP contribution is 2.04. The largest absolute Gasteiger partial charge is 0.330 e. The monoisotopic (exact) mass is 217 g/mol. The van der Waals surface area contributed by atoms with E-state index in [-0.39, 0.29) is 6.67 Å². The maximum Gasteiger partial charge on any atom is 0.0906 e. The molecule has 0 aromatic rings. The van der Waals surface area contributed by atoms with Crippen LogP contribution in [0.1, 0.15) is 19.3 Å². The highest BCUT2D eigenvalue weighted by Gasteiger charge is 2.13. The predicted molar refractivity (Wildman–Crippen MR) is 61.8 cm³/mol. The molecule has 0 aromatic carbocycles. The number of hydrogen-bond acceptors (Lipinski definition) is 3. The van der Waals surface area contributed by atoms with Gasteiger partial charge in [0.25, 0.3) is 0 Å². The van der Waals surface area contributed by atoms with Crippen molar-refractivity contribution in [2.45, 2.75) is 19.3 Å².